The number of aliphatic hydroxyl groups is 1. The molecule has 1 aromatic heterocycles. The minimum atomic E-state index is -0.0453. The first-order valence-corrected chi connectivity index (χ1v) is 6.84. The highest BCUT2D eigenvalue weighted by molar-refractivity contribution is 5.93. The second-order valence-electron chi connectivity index (χ2n) is 4.94. The Kier molecular flexibility index (Phi) is 4.74. The van der Waals surface area contributed by atoms with Gasteiger partial charge >= 0.3 is 0 Å². The van der Waals surface area contributed by atoms with E-state index in [1.807, 2.05) is 6.07 Å². The Balaban J connectivity index is 2.02. The van der Waals surface area contributed by atoms with Crippen molar-refractivity contribution in [2.75, 3.05) is 31.6 Å². The number of nitrogens with zero attached hydrogens (tertiary/aromatic N) is 2. The van der Waals surface area contributed by atoms with Crippen LogP contribution in [0.1, 0.15) is 30.3 Å². The molecule has 5 nitrogen and oxygen atoms in total. The van der Waals surface area contributed by atoms with E-state index in [4.69, 9.17) is 5.11 Å². The third kappa shape index (κ3) is 3.44. The number of carbonyl (C=O) groups excluding carboxylic acids is 1. The molecule has 2 rings (SSSR count). The molecule has 5 heteroatoms. The average molecular weight is 263 g/mol. The third-order valence-corrected chi connectivity index (χ3v) is 3.39. The number of anilines is 1. The Morgan fingerprint density at radius 1 is 1.63 bits per heavy atom. The molecule has 1 aliphatic rings. The average Bonchev–Trinajstić information content (AvgIpc) is 2.93. The second kappa shape index (κ2) is 6.52. The Morgan fingerprint density at radius 2 is 2.47 bits per heavy atom. The van der Waals surface area contributed by atoms with Crippen molar-refractivity contribution >= 4 is 11.6 Å². The van der Waals surface area contributed by atoms with Gasteiger partial charge in [-0.15, -0.1) is 0 Å². The molecule has 0 aromatic carbocycles. The molecule has 1 aliphatic heterocycles. The number of nitrogens with one attached hydrogen (secondary N) is 1. The van der Waals surface area contributed by atoms with E-state index in [-0.39, 0.29) is 18.4 Å². The topological polar surface area (TPSA) is 65.5 Å². The van der Waals surface area contributed by atoms with E-state index >= 15 is 0 Å². The molecule has 1 atom stereocenters. The number of likely N-dealkylation sites (tertiary alicyclic amines) is 1. The molecule has 0 aliphatic carbocycles. The van der Waals surface area contributed by atoms with Crippen molar-refractivity contribution in [3.8, 4) is 0 Å². The van der Waals surface area contributed by atoms with Gasteiger partial charge in [-0.25, -0.2) is 0 Å². The van der Waals surface area contributed by atoms with Crippen LogP contribution in [0.25, 0.3) is 0 Å². The van der Waals surface area contributed by atoms with Gasteiger partial charge in [0.2, 0.25) is 0 Å². The summed E-state index contributed by atoms with van der Waals surface area (Å²) in [5.74, 6) is 0.168. The number of rotatable bonds is 5. The second-order valence-corrected chi connectivity index (χ2v) is 4.94. The number of hydrogen-bond donors (Lipinski definition) is 2. The number of carbonyl (C=O) groups is 1. The SMILES string of the molecule is CCCNc1ccnc(C(=O)N2CCC(CO)C2)c1. The molecule has 104 valence electrons. The number of pyridine rings is 1. The fraction of sp³-hybridized carbons (Fsp3) is 0.571. The predicted octanol–water partition coefficient (Wildman–Crippen LogP) is 1.36. The van der Waals surface area contributed by atoms with Crippen LogP contribution in [0, 0.1) is 5.92 Å². The summed E-state index contributed by atoms with van der Waals surface area (Å²) in [7, 11) is 0. The molecule has 1 unspecified atom stereocenters. The lowest BCUT2D eigenvalue weighted by Crippen LogP contribution is -2.29. The van der Waals surface area contributed by atoms with Gasteiger partial charge in [0.1, 0.15) is 5.69 Å². The van der Waals surface area contributed by atoms with Gasteiger partial charge in [-0.2, -0.15) is 0 Å². The Bertz CT molecular complexity index is 436. The van der Waals surface area contributed by atoms with E-state index in [9.17, 15) is 4.79 Å². The summed E-state index contributed by atoms with van der Waals surface area (Å²) in [6.07, 6.45) is 3.57. The van der Waals surface area contributed by atoms with Gasteiger partial charge in [0, 0.05) is 44.0 Å². The molecule has 1 aromatic rings. The van der Waals surface area contributed by atoms with Crippen LogP contribution in [0.5, 0.6) is 0 Å². The lowest BCUT2D eigenvalue weighted by atomic mass is 10.1. The first-order chi connectivity index (χ1) is 9.24. The van der Waals surface area contributed by atoms with Crippen molar-refractivity contribution in [3.05, 3.63) is 24.0 Å². The van der Waals surface area contributed by atoms with Crippen LogP contribution in [0.4, 0.5) is 5.69 Å². The highest BCUT2D eigenvalue weighted by Crippen LogP contribution is 2.18. The van der Waals surface area contributed by atoms with E-state index in [0.717, 1.165) is 25.1 Å². The largest absolute Gasteiger partial charge is 0.396 e. The van der Waals surface area contributed by atoms with E-state index < -0.39 is 0 Å². The van der Waals surface area contributed by atoms with Gasteiger partial charge in [0.05, 0.1) is 0 Å². The van der Waals surface area contributed by atoms with Crippen molar-refractivity contribution < 1.29 is 9.90 Å². The summed E-state index contributed by atoms with van der Waals surface area (Å²) in [5.41, 5.74) is 1.40. The fourth-order valence-electron chi connectivity index (χ4n) is 2.25. The monoisotopic (exact) mass is 263 g/mol. The maximum Gasteiger partial charge on any atom is 0.272 e. The van der Waals surface area contributed by atoms with E-state index in [1.54, 1.807) is 17.2 Å². The third-order valence-electron chi connectivity index (χ3n) is 3.39. The van der Waals surface area contributed by atoms with Crippen molar-refractivity contribution in [1.82, 2.24) is 9.88 Å². The maximum absolute atomic E-state index is 12.3. The molecule has 1 amide bonds. The van der Waals surface area contributed by atoms with Crippen molar-refractivity contribution in [2.24, 2.45) is 5.92 Å². The summed E-state index contributed by atoms with van der Waals surface area (Å²) in [4.78, 5) is 18.2. The quantitative estimate of drug-likeness (QED) is 0.842. The van der Waals surface area contributed by atoms with Gasteiger partial charge in [-0.05, 0) is 25.0 Å². The molecule has 1 saturated heterocycles. The zero-order valence-electron chi connectivity index (χ0n) is 11.3. The van der Waals surface area contributed by atoms with Gasteiger partial charge in [-0.3, -0.25) is 9.78 Å². The lowest BCUT2D eigenvalue weighted by molar-refractivity contribution is 0.0776. The smallest absolute Gasteiger partial charge is 0.272 e. The molecule has 2 N–H and O–H groups in total. The Labute approximate surface area is 113 Å². The zero-order valence-corrected chi connectivity index (χ0v) is 11.3. The highest BCUT2D eigenvalue weighted by atomic mass is 16.3. The van der Waals surface area contributed by atoms with Gasteiger partial charge < -0.3 is 15.3 Å². The Hall–Kier alpha value is -1.62. The first-order valence-electron chi connectivity index (χ1n) is 6.84. The summed E-state index contributed by atoms with van der Waals surface area (Å²) >= 11 is 0. The van der Waals surface area contributed by atoms with Crippen molar-refractivity contribution in [3.63, 3.8) is 0 Å². The van der Waals surface area contributed by atoms with Crippen LogP contribution in [0.3, 0.4) is 0 Å². The lowest BCUT2D eigenvalue weighted by Gasteiger charge is -2.16. The van der Waals surface area contributed by atoms with Crippen molar-refractivity contribution in [1.29, 1.82) is 0 Å². The molecular formula is C14H21N3O2. The molecule has 0 saturated carbocycles. The van der Waals surface area contributed by atoms with E-state index in [1.165, 1.54) is 0 Å². The summed E-state index contributed by atoms with van der Waals surface area (Å²) in [5, 5.41) is 12.4. The first kappa shape index (κ1) is 13.8. The number of amides is 1. The standard InChI is InChI=1S/C14H21N3O2/c1-2-5-15-12-3-6-16-13(8-12)14(19)17-7-4-11(9-17)10-18/h3,6,8,11,18H,2,4-5,7,9-10H2,1H3,(H,15,16). The number of aromatic nitrogens is 1. The van der Waals surface area contributed by atoms with Crippen LogP contribution in [0.15, 0.2) is 18.3 Å². The molecule has 0 radical (unpaired) electrons. The van der Waals surface area contributed by atoms with Crippen LogP contribution >= 0.6 is 0 Å². The van der Waals surface area contributed by atoms with Gasteiger partial charge in [-0.1, -0.05) is 6.92 Å². The predicted molar refractivity (Wildman–Crippen MR) is 74.1 cm³/mol. The van der Waals surface area contributed by atoms with Crippen molar-refractivity contribution in [2.45, 2.75) is 19.8 Å². The zero-order chi connectivity index (χ0) is 13.7. The van der Waals surface area contributed by atoms with Crippen LogP contribution in [-0.4, -0.2) is 47.1 Å². The summed E-state index contributed by atoms with van der Waals surface area (Å²) in [6, 6.07) is 3.66. The van der Waals surface area contributed by atoms with E-state index in [0.29, 0.717) is 18.8 Å². The van der Waals surface area contributed by atoms with Crippen LogP contribution in [0.2, 0.25) is 0 Å². The van der Waals surface area contributed by atoms with Crippen LogP contribution in [-0.2, 0) is 0 Å². The molecule has 0 bridgehead atoms. The molecule has 0 spiro atoms. The van der Waals surface area contributed by atoms with Gasteiger partial charge in [0.25, 0.3) is 5.91 Å². The minimum Gasteiger partial charge on any atom is -0.396 e. The molecule has 1 fully saturated rings. The Morgan fingerprint density at radius 3 is 3.16 bits per heavy atom. The van der Waals surface area contributed by atoms with Gasteiger partial charge in [0.15, 0.2) is 0 Å². The molecule has 19 heavy (non-hydrogen) atoms. The molecular weight excluding hydrogens is 242 g/mol. The highest BCUT2D eigenvalue weighted by Gasteiger charge is 2.27. The minimum absolute atomic E-state index is 0.0453. The summed E-state index contributed by atoms with van der Waals surface area (Å²) in [6.45, 7) is 4.46. The normalized spacial score (nSPS) is 18.6. The maximum atomic E-state index is 12.3. The summed E-state index contributed by atoms with van der Waals surface area (Å²) < 4.78 is 0. The number of hydrogen-bond acceptors (Lipinski definition) is 4. The fourth-order valence-corrected chi connectivity index (χ4v) is 2.25. The van der Waals surface area contributed by atoms with E-state index in [2.05, 4.69) is 17.2 Å². The van der Waals surface area contributed by atoms with Crippen LogP contribution < -0.4 is 5.32 Å². The number of aliphatic hydroxyl groups excluding tert-OH is 1. The molecule has 2 heterocycles.